The molecule has 4 nitrogen and oxygen atoms in total. The summed E-state index contributed by atoms with van der Waals surface area (Å²) >= 11 is 2.10. The molecule has 104 valence electrons. The number of hydrogen-bond acceptors (Lipinski definition) is 2. The Labute approximate surface area is 133 Å². The number of benzene rings is 3. The van der Waals surface area contributed by atoms with Gasteiger partial charge in [-0.25, -0.2) is 9.59 Å². The monoisotopic (exact) mass is 392 g/mol. The summed E-state index contributed by atoms with van der Waals surface area (Å²) in [6.07, 6.45) is 0. The predicted molar refractivity (Wildman–Crippen MR) is 88.1 cm³/mol. The Morgan fingerprint density at radius 1 is 0.905 bits per heavy atom. The number of carboxylic acids is 2. The van der Waals surface area contributed by atoms with Crippen LogP contribution in [0.2, 0.25) is 0 Å². The third-order valence-corrected chi connectivity index (χ3v) is 4.06. The van der Waals surface area contributed by atoms with E-state index in [2.05, 4.69) is 22.6 Å². The first-order valence-electron chi connectivity index (χ1n) is 6.10. The number of hydrogen-bond donors (Lipinski definition) is 2. The van der Waals surface area contributed by atoms with Crippen molar-refractivity contribution in [1.29, 1.82) is 0 Å². The van der Waals surface area contributed by atoms with Gasteiger partial charge in [0.05, 0.1) is 11.1 Å². The lowest BCUT2D eigenvalue weighted by Crippen LogP contribution is -2.05. The van der Waals surface area contributed by atoms with E-state index in [4.69, 9.17) is 0 Å². The van der Waals surface area contributed by atoms with E-state index in [1.54, 1.807) is 18.2 Å². The average Bonchev–Trinajstić information content (AvgIpc) is 2.43. The van der Waals surface area contributed by atoms with Crippen LogP contribution in [-0.2, 0) is 0 Å². The molecule has 0 spiro atoms. The zero-order valence-electron chi connectivity index (χ0n) is 10.6. The minimum atomic E-state index is -1.13. The molecule has 0 heterocycles. The Balaban J connectivity index is 2.63. The largest absolute Gasteiger partial charge is 0.478 e. The first-order chi connectivity index (χ1) is 9.99. The van der Waals surface area contributed by atoms with Gasteiger partial charge in [0.25, 0.3) is 0 Å². The zero-order chi connectivity index (χ0) is 15.1. The highest BCUT2D eigenvalue weighted by molar-refractivity contribution is 14.1. The summed E-state index contributed by atoms with van der Waals surface area (Å²) in [5.74, 6) is -2.26. The molecule has 0 aromatic heterocycles. The van der Waals surface area contributed by atoms with Crippen LogP contribution in [0.25, 0.3) is 21.5 Å². The molecule has 0 radical (unpaired) electrons. The Morgan fingerprint density at radius 3 is 2.33 bits per heavy atom. The van der Waals surface area contributed by atoms with Crippen molar-refractivity contribution in [3.63, 3.8) is 0 Å². The molecule has 0 aliphatic rings. The maximum Gasteiger partial charge on any atom is 0.336 e. The fraction of sp³-hybridized carbons (Fsp3) is 0. The summed E-state index contributed by atoms with van der Waals surface area (Å²) < 4.78 is 0.898. The fourth-order valence-electron chi connectivity index (χ4n) is 2.54. The van der Waals surface area contributed by atoms with Crippen LogP contribution >= 0.6 is 22.6 Å². The van der Waals surface area contributed by atoms with Gasteiger partial charge in [-0.15, -0.1) is 0 Å². The second-order valence-corrected chi connectivity index (χ2v) is 5.88. The molecule has 0 atom stereocenters. The van der Waals surface area contributed by atoms with Crippen LogP contribution in [0.3, 0.4) is 0 Å². The topological polar surface area (TPSA) is 74.6 Å². The van der Waals surface area contributed by atoms with E-state index in [1.807, 2.05) is 18.2 Å². The van der Waals surface area contributed by atoms with Gasteiger partial charge < -0.3 is 10.2 Å². The molecule has 0 unspecified atom stereocenters. The maximum absolute atomic E-state index is 11.7. The summed E-state index contributed by atoms with van der Waals surface area (Å²) in [5, 5.41) is 21.1. The van der Waals surface area contributed by atoms with Gasteiger partial charge >= 0.3 is 11.9 Å². The molecule has 0 saturated heterocycles. The van der Waals surface area contributed by atoms with E-state index < -0.39 is 11.9 Å². The van der Waals surface area contributed by atoms with Gasteiger partial charge in [-0.2, -0.15) is 0 Å². The van der Waals surface area contributed by atoms with E-state index >= 15 is 0 Å². The number of rotatable bonds is 2. The fourth-order valence-corrected chi connectivity index (χ4v) is 3.03. The van der Waals surface area contributed by atoms with Crippen molar-refractivity contribution in [1.82, 2.24) is 0 Å². The van der Waals surface area contributed by atoms with Crippen LogP contribution in [-0.4, -0.2) is 22.2 Å². The Bertz CT molecular complexity index is 915. The van der Waals surface area contributed by atoms with Crippen molar-refractivity contribution in [3.05, 3.63) is 57.2 Å². The molecule has 21 heavy (non-hydrogen) atoms. The van der Waals surface area contributed by atoms with Gasteiger partial charge in [0.15, 0.2) is 0 Å². The lowest BCUT2D eigenvalue weighted by atomic mass is 9.93. The normalized spacial score (nSPS) is 10.9. The number of halogens is 1. The van der Waals surface area contributed by atoms with Crippen molar-refractivity contribution < 1.29 is 19.8 Å². The smallest absolute Gasteiger partial charge is 0.336 e. The number of carbonyl (C=O) groups is 2. The van der Waals surface area contributed by atoms with Gasteiger partial charge in [0.2, 0.25) is 0 Å². The highest BCUT2D eigenvalue weighted by Gasteiger charge is 2.19. The second kappa shape index (κ2) is 5.00. The van der Waals surface area contributed by atoms with E-state index in [1.165, 1.54) is 6.07 Å². The van der Waals surface area contributed by atoms with Crippen LogP contribution in [0.1, 0.15) is 20.7 Å². The maximum atomic E-state index is 11.7. The van der Waals surface area contributed by atoms with Crippen LogP contribution in [0.15, 0.2) is 42.5 Å². The van der Waals surface area contributed by atoms with Crippen molar-refractivity contribution >= 4 is 56.1 Å². The summed E-state index contributed by atoms with van der Waals surface area (Å²) in [6, 6.07) is 12.1. The Kier molecular flexibility index (Phi) is 3.29. The quantitative estimate of drug-likeness (QED) is 0.511. The zero-order valence-corrected chi connectivity index (χ0v) is 12.8. The van der Waals surface area contributed by atoms with Gasteiger partial charge in [-0.3, -0.25) is 0 Å². The van der Waals surface area contributed by atoms with Crippen molar-refractivity contribution in [2.45, 2.75) is 0 Å². The molecule has 0 aliphatic heterocycles. The number of fused-ring (bicyclic) bond motifs is 2. The highest BCUT2D eigenvalue weighted by atomic mass is 127. The molecule has 3 aromatic carbocycles. The standard InChI is InChI=1S/C16H9IO4/c17-10-5-4-8-6-9-2-1-3-11(15(18)19)13(9)14(16(20)21)12(8)7-10/h1-7H,(H,18,19)(H,20,21). The minimum absolute atomic E-state index is 0.00524. The summed E-state index contributed by atoms with van der Waals surface area (Å²) in [4.78, 5) is 23.1. The van der Waals surface area contributed by atoms with E-state index in [9.17, 15) is 19.8 Å². The van der Waals surface area contributed by atoms with Crippen LogP contribution in [0.5, 0.6) is 0 Å². The Hall–Kier alpha value is -2.15. The molecule has 3 aromatic rings. The molecule has 5 heteroatoms. The summed E-state index contributed by atoms with van der Waals surface area (Å²) in [7, 11) is 0. The second-order valence-electron chi connectivity index (χ2n) is 4.63. The molecule has 2 N–H and O–H groups in total. The van der Waals surface area contributed by atoms with Crippen molar-refractivity contribution in [2.75, 3.05) is 0 Å². The molecular weight excluding hydrogens is 383 g/mol. The van der Waals surface area contributed by atoms with Crippen LogP contribution in [0, 0.1) is 3.57 Å². The van der Waals surface area contributed by atoms with Gasteiger partial charge in [0, 0.05) is 8.96 Å². The lowest BCUT2D eigenvalue weighted by Gasteiger charge is -2.11. The van der Waals surface area contributed by atoms with Crippen molar-refractivity contribution in [2.24, 2.45) is 0 Å². The van der Waals surface area contributed by atoms with Crippen molar-refractivity contribution in [3.8, 4) is 0 Å². The average molecular weight is 392 g/mol. The third-order valence-electron chi connectivity index (χ3n) is 3.39. The number of aromatic carboxylic acids is 2. The highest BCUT2D eigenvalue weighted by Crippen LogP contribution is 2.32. The predicted octanol–water partition coefficient (Wildman–Crippen LogP) is 3.99. The minimum Gasteiger partial charge on any atom is -0.478 e. The van der Waals surface area contributed by atoms with E-state index in [0.29, 0.717) is 10.8 Å². The van der Waals surface area contributed by atoms with E-state index in [0.717, 1.165) is 8.96 Å². The molecule has 0 aliphatic carbocycles. The first-order valence-corrected chi connectivity index (χ1v) is 7.18. The van der Waals surface area contributed by atoms with Gasteiger partial charge in [-0.05, 0) is 63.0 Å². The summed E-state index contributed by atoms with van der Waals surface area (Å²) in [5.41, 5.74) is 0.0460. The molecule has 3 rings (SSSR count). The molecule has 0 amide bonds. The molecular formula is C16H9IO4. The lowest BCUT2D eigenvalue weighted by molar-refractivity contribution is 0.0696. The molecule has 0 fully saturated rings. The Morgan fingerprint density at radius 2 is 1.67 bits per heavy atom. The van der Waals surface area contributed by atoms with Gasteiger partial charge in [0.1, 0.15) is 0 Å². The molecule has 0 saturated carbocycles. The molecule has 0 bridgehead atoms. The van der Waals surface area contributed by atoms with Crippen LogP contribution in [0.4, 0.5) is 0 Å². The number of carboxylic acid groups (broad SMARTS) is 2. The summed E-state index contributed by atoms with van der Waals surface area (Å²) in [6.45, 7) is 0. The van der Waals surface area contributed by atoms with Crippen LogP contribution < -0.4 is 0 Å². The third kappa shape index (κ3) is 2.23. The first kappa shape index (κ1) is 13.8. The van der Waals surface area contributed by atoms with Gasteiger partial charge in [-0.1, -0.05) is 18.2 Å². The van der Waals surface area contributed by atoms with E-state index in [-0.39, 0.29) is 16.5 Å². The SMILES string of the molecule is O=C(O)c1cccc2cc3ccc(I)cc3c(C(=O)O)c12.